The first-order valence-electron chi connectivity index (χ1n) is 11.9. The summed E-state index contributed by atoms with van der Waals surface area (Å²) in [4.78, 5) is 0. The minimum Gasteiger partial charge on any atom is -0.457 e. The molecule has 0 radical (unpaired) electrons. The highest BCUT2D eigenvalue weighted by Crippen LogP contribution is 2.42. The topological polar surface area (TPSA) is 18.5 Å². The van der Waals surface area contributed by atoms with E-state index in [0.29, 0.717) is 0 Å². The van der Waals surface area contributed by atoms with E-state index in [1.165, 1.54) is 31.5 Å². The molecule has 35 heavy (non-hydrogen) atoms. The highest BCUT2D eigenvalue weighted by molar-refractivity contribution is 7.21. The molecule has 0 saturated carbocycles. The van der Waals surface area contributed by atoms with Gasteiger partial charge in [0.1, 0.15) is 23.0 Å². The van der Waals surface area contributed by atoms with E-state index in [1.807, 2.05) is 6.07 Å². The summed E-state index contributed by atoms with van der Waals surface area (Å²) in [5.41, 5.74) is 0. The Hall–Kier alpha value is -4.34. The van der Waals surface area contributed by atoms with Crippen LogP contribution in [0.3, 0.4) is 0 Å². The largest absolute Gasteiger partial charge is 0.457 e. The standard InChI is InChI=1S/C32H20O2Si/c1-2-11-23(12-3-1)35-28-19-17-21-9-4-6-13-24(21)30(28)33-26-15-8-16-27(32(26)35)34-31-25-14-7-5-10-22(25)18-20-29(31)35/h1-20H. The lowest BCUT2D eigenvalue weighted by atomic mass is 10.1. The first-order valence-corrected chi connectivity index (χ1v) is 13.9. The summed E-state index contributed by atoms with van der Waals surface area (Å²) in [6.45, 7) is 0. The number of rotatable bonds is 1. The number of ether oxygens (including phenoxy) is 2. The highest BCUT2D eigenvalue weighted by Gasteiger charge is 2.54. The van der Waals surface area contributed by atoms with Crippen molar-refractivity contribution >= 4 is 50.4 Å². The third-order valence-electron chi connectivity index (χ3n) is 7.56. The minimum absolute atomic E-state index is 0.903. The molecule has 6 aromatic carbocycles. The van der Waals surface area contributed by atoms with Gasteiger partial charge in [-0.05, 0) is 38.5 Å². The number of hydrogen-bond donors (Lipinski definition) is 0. The van der Waals surface area contributed by atoms with Crippen LogP contribution in [0.15, 0.2) is 121 Å². The molecule has 6 aromatic rings. The van der Waals surface area contributed by atoms with Crippen molar-refractivity contribution in [2.75, 3.05) is 0 Å². The maximum atomic E-state index is 6.74. The second-order valence-corrected chi connectivity index (χ2v) is 12.9. The van der Waals surface area contributed by atoms with Crippen LogP contribution in [0.1, 0.15) is 0 Å². The fourth-order valence-electron chi connectivity index (χ4n) is 6.13. The monoisotopic (exact) mass is 464 g/mol. The molecule has 2 heterocycles. The summed E-state index contributed by atoms with van der Waals surface area (Å²) >= 11 is 0. The molecular formula is C32H20O2Si. The third kappa shape index (κ3) is 2.38. The van der Waals surface area contributed by atoms with Gasteiger partial charge in [-0.1, -0.05) is 109 Å². The van der Waals surface area contributed by atoms with Crippen molar-refractivity contribution in [2.24, 2.45) is 0 Å². The van der Waals surface area contributed by atoms with Crippen LogP contribution in [0, 0.1) is 0 Å². The van der Waals surface area contributed by atoms with Crippen molar-refractivity contribution in [3.8, 4) is 23.0 Å². The zero-order chi connectivity index (χ0) is 23.0. The molecule has 0 spiro atoms. The first kappa shape index (κ1) is 19.0. The third-order valence-corrected chi connectivity index (χ3v) is 12.4. The van der Waals surface area contributed by atoms with Gasteiger partial charge in [0.15, 0.2) is 8.07 Å². The van der Waals surface area contributed by atoms with Crippen LogP contribution < -0.4 is 30.2 Å². The molecule has 0 N–H and O–H groups in total. The average molecular weight is 465 g/mol. The molecule has 8 rings (SSSR count). The molecule has 0 aromatic heterocycles. The van der Waals surface area contributed by atoms with Gasteiger partial charge >= 0.3 is 0 Å². The van der Waals surface area contributed by atoms with Gasteiger partial charge in [0.2, 0.25) is 0 Å². The molecule has 3 heteroatoms. The van der Waals surface area contributed by atoms with E-state index in [-0.39, 0.29) is 0 Å². The summed E-state index contributed by atoms with van der Waals surface area (Å²) in [6.07, 6.45) is 0. The van der Waals surface area contributed by atoms with Gasteiger partial charge < -0.3 is 9.47 Å². The molecule has 2 aliphatic heterocycles. The summed E-state index contributed by atoms with van der Waals surface area (Å²) < 4.78 is 13.5. The van der Waals surface area contributed by atoms with Gasteiger partial charge in [0, 0.05) is 16.0 Å². The van der Waals surface area contributed by atoms with Gasteiger partial charge in [-0.2, -0.15) is 0 Å². The minimum atomic E-state index is -2.74. The maximum absolute atomic E-state index is 6.74. The summed E-state index contributed by atoms with van der Waals surface area (Å²) in [6, 6.07) is 43.4. The Kier molecular flexibility index (Phi) is 3.72. The van der Waals surface area contributed by atoms with Gasteiger partial charge in [-0.25, -0.2) is 0 Å². The van der Waals surface area contributed by atoms with E-state index in [0.717, 1.165) is 33.8 Å². The Morgan fingerprint density at radius 2 is 0.943 bits per heavy atom. The van der Waals surface area contributed by atoms with Gasteiger partial charge in [0.25, 0.3) is 0 Å². The second-order valence-electron chi connectivity index (χ2n) is 9.28. The van der Waals surface area contributed by atoms with Crippen molar-refractivity contribution in [1.29, 1.82) is 0 Å². The highest BCUT2D eigenvalue weighted by atomic mass is 28.3. The molecule has 0 saturated heterocycles. The zero-order valence-corrected chi connectivity index (χ0v) is 19.9. The lowest BCUT2D eigenvalue weighted by Gasteiger charge is -2.44. The first-order chi connectivity index (χ1) is 17.4. The predicted octanol–water partition coefficient (Wildman–Crippen LogP) is 5.58. The van der Waals surface area contributed by atoms with Crippen LogP contribution in [0.5, 0.6) is 23.0 Å². The van der Waals surface area contributed by atoms with Crippen molar-refractivity contribution < 1.29 is 9.47 Å². The summed E-state index contributed by atoms with van der Waals surface area (Å²) in [5, 5.41) is 9.78. The Morgan fingerprint density at radius 1 is 0.429 bits per heavy atom. The molecule has 0 unspecified atom stereocenters. The lowest BCUT2D eigenvalue weighted by Crippen LogP contribution is -2.77. The number of hydrogen-bond acceptors (Lipinski definition) is 2. The van der Waals surface area contributed by atoms with E-state index in [2.05, 4.69) is 115 Å². The molecule has 2 aliphatic rings. The Morgan fingerprint density at radius 3 is 1.51 bits per heavy atom. The van der Waals surface area contributed by atoms with Crippen LogP contribution in [0.2, 0.25) is 0 Å². The quantitative estimate of drug-likeness (QED) is 0.295. The van der Waals surface area contributed by atoms with Crippen molar-refractivity contribution in [3.63, 3.8) is 0 Å². The summed E-state index contributed by atoms with van der Waals surface area (Å²) in [5.74, 6) is 3.76. The van der Waals surface area contributed by atoms with E-state index < -0.39 is 8.07 Å². The van der Waals surface area contributed by atoms with Gasteiger partial charge in [0.05, 0.1) is 0 Å². The molecular weight excluding hydrogens is 444 g/mol. The van der Waals surface area contributed by atoms with E-state index in [4.69, 9.17) is 9.47 Å². The normalized spacial score (nSPS) is 14.4. The van der Waals surface area contributed by atoms with E-state index in [9.17, 15) is 0 Å². The van der Waals surface area contributed by atoms with Crippen LogP contribution in [0.25, 0.3) is 21.5 Å². The second kappa shape index (κ2) is 6.84. The Bertz CT molecular complexity index is 1700. The predicted molar refractivity (Wildman–Crippen MR) is 145 cm³/mol. The SMILES string of the molecule is c1ccc([Si]23c4ccc5ccccc5c4Oc4cccc(c42)Oc2c3ccc3ccccc23)cc1. The number of fused-ring (bicyclic) bond motifs is 8. The van der Waals surface area contributed by atoms with E-state index >= 15 is 0 Å². The van der Waals surface area contributed by atoms with Crippen LogP contribution in [0.4, 0.5) is 0 Å². The fraction of sp³-hybridized carbons (Fsp3) is 0. The van der Waals surface area contributed by atoms with Gasteiger partial charge in [-0.15, -0.1) is 0 Å². The van der Waals surface area contributed by atoms with Crippen molar-refractivity contribution in [1.82, 2.24) is 0 Å². The molecule has 2 nitrogen and oxygen atoms in total. The van der Waals surface area contributed by atoms with Crippen LogP contribution >= 0.6 is 0 Å². The molecule has 0 bridgehead atoms. The summed E-state index contributed by atoms with van der Waals surface area (Å²) in [7, 11) is -2.74. The van der Waals surface area contributed by atoms with Crippen molar-refractivity contribution in [3.05, 3.63) is 121 Å². The smallest absolute Gasteiger partial charge is 0.197 e. The van der Waals surface area contributed by atoms with Crippen LogP contribution in [-0.4, -0.2) is 8.07 Å². The molecule has 0 amide bonds. The maximum Gasteiger partial charge on any atom is 0.197 e. The van der Waals surface area contributed by atoms with Gasteiger partial charge in [-0.3, -0.25) is 0 Å². The molecule has 0 atom stereocenters. The fourth-order valence-corrected chi connectivity index (χ4v) is 11.3. The molecule has 0 aliphatic carbocycles. The van der Waals surface area contributed by atoms with Crippen molar-refractivity contribution in [2.45, 2.75) is 0 Å². The van der Waals surface area contributed by atoms with E-state index in [1.54, 1.807) is 0 Å². The Labute approximate surface area is 204 Å². The zero-order valence-electron chi connectivity index (χ0n) is 18.9. The number of benzene rings is 6. The average Bonchev–Trinajstić information content (AvgIpc) is 2.93. The molecule has 164 valence electrons. The molecule has 0 fully saturated rings. The Balaban J connectivity index is 1.62. The lowest BCUT2D eigenvalue weighted by molar-refractivity contribution is 0.469. The van der Waals surface area contributed by atoms with Crippen LogP contribution in [-0.2, 0) is 0 Å².